The van der Waals surface area contributed by atoms with E-state index in [2.05, 4.69) is 57.9 Å². The molecule has 0 N–H and O–H groups in total. The molecular weight excluding hydrogens is 320 g/mol. The highest BCUT2D eigenvalue weighted by molar-refractivity contribution is 5.86. The lowest BCUT2D eigenvalue weighted by atomic mass is 10.2. The van der Waals surface area contributed by atoms with Crippen LogP contribution in [0.5, 0.6) is 0 Å². The van der Waals surface area contributed by atoms with Crippen LogP contribution in [0.2, 0.25) is 0 Å². The second-order valence-corrected chi connectivity index (χ2v) is 6.05. The van der Waals surface area contributed by atoms with Crippen LogP contribution < -0.4 is 9.80 Å². The van der Waals surface area contributed by atoms with Crippen molar-refractivity contribution in [1.29, 1.82) is 0 Å². The lowest BCUT2D eigenvalue weighted by Crippen LogP contribution is -2.16. The predicted molar refractivity (Wildman–Crippen MR) is 118 cm³/mol. The van der Waals surface area contributed by atoms with Gasteiger partial charge in [0.1, 0.15) is 0 Å². The molecule has 0 amide bonds. The highest BCUT2D eigenvalue weighted by Crippen LogP contribution is 2.22. The molecule has 26 heavy (non-hydrogen) atoms. The number of aliphatic imine (C=N–C) groups is 2. The first-order chi connectivity index (χ1) is 12.8. The fourth-order valence-corrected chi connectivity index (χ4v) is 2.31. The zero-order valence-electron chi connectivity index (χ0n) is 16.8. The average molecular weight is 355 g/mol. The maximum absolute atomic E-state index is 4.53. The predicted octanol–water partition coefficient (Wildman–Crippen LogP) is 6.02. The Hall–Kier alpha value is -2.36. The van der Waals surface area contributed by atoms with E-state index < -0.39 is 0 Å². The summed E-state index contributed by atoms with van der Waals surface area (Å²) < 4.78 is 0. The first kappa shape index (κ1) is 21.7. The van der Waals surface area contributed by atoms with E-state index in [0.717, 1.165) is 50.1 Å². The SMILES string of the molecule is C/C=C\N(C=NCCCC)c1cccc(N(C=NCCCC)/C=C\C)c1. The van der Waals surface area contributed by atoms with Crippen molar-refractivity contribution in [2.75, 3.05) is 22.9 Å². The third-order valence-corrected chi connectivity index (χ3v) is 3.74. The Morgan fingerprint density at radius 1 is 0.808 bits per heavy atom. The van der Waals surface area contributed by atoms with Crippen LogP contribution in [-0.2, 0) is 0 Å². The number of hydrogen-bond donors (Lipinski definition) is 0. The molecule has 142 valence electrons. The van der Waals surface area contributed by atoms with Gasteiger partial charge in [-0.1, -0.05) is 44.9 Å². The van der Waals surface area contributed by atoms with E-state index in [0.29, 0.717) is 0 Å². The summed E-state index contributed by atoms with van der Waals surface area (Å²) in [7, 11) is 0. The summed E-state index contributed by atoms with van der Waals surface area (Å²) in [6.07, 6.45) is 16.5. The second kappa shape index (κ2) is 13.9. The standard InChI is InChI=1S/C22H34N4/c1-5-9-14-23-19-25(16-7-3)21-12-11-13-22(18-21)26(17-8-4)20-24-15-10-6-2/h7-8,11-13,16-20H,5-6,9-10,14-15H2,1-4H3/b16-7-,17-8-,23-19?,24-20?. The van der Waals surface area contributed by atoms with Crippen molar-refractivity contribution in [1.82, 2.24) is 0 Å². The molecule has 0 spiro atoms. The van der Waals surface area contributed by atoms with Crippen LogP contribution in [0.15, 0.2) is 58.8 Å². The van der Waals surface area contributed by atoms with Crippen molar-refractivity contribution in [2.45, 2.75) is 53.4 Å². The fraction of sp³-hybridized carbons (Fsp3) is 0.455. The first-order valence-corrected chi connectivity index (χ1v) is 9.69. The molecule has 1 aromatic carbocycles. The molecule has 1 aromatic rings. The molecule has 4 heteroatoms. The number of benzene rings is 1. The van der Waals surface area contributed by atoms with Crippen molar-refractivity contribution in [3.8, 4) is 0 Å². The summed E-state index contributed by atoms with van der Waals surface area (Å²) in [5, 5.41) is 0. The number of allylic oxidation sites excluding steroid dienone is 2. The van der Waals surface area contributed by atoms with Crippen LogP contribution in [0.4, 0.5) is 11.4 Å². The van der Waals surface area contributed by atoms with E-state index in [1.165, 1.54) is 0 Å². The van der Waals surface area contributed by atoms with Gasteiger partial charge in [-0.2, -0.15) is 0 Å². The average Bonchev–Trinajstić information content (AvgIpc) is 2.67. The van der Waals surface area contributed by atoms with Gasteiger partial charge in [-0.25, -0.2) is 0 Å². The topological polar surface area (TPSA) is 31.2 Å². The largest absolute Gasteiger partial charge is 0.308 e. The zero-order valence-corrected chi connectivity index (χ0v) is 16.8. The molecule has 0 saturated heterocycles. The smallest absolute Gasteiger partial charge is 0.0935 e. The van der Waals surface area contributed by atoms with Crippen molar-refractivity contribution in [2.24, 2.45) is 9.98 Å². The van der Waals surface area contributed by atoms with Gasteiger partial charge in [0.2, 0.25) is 0 Å². The number of rotatable bonds is 12. The minimum absolute atomic E-state index is 0.860. The molecule has 0 fully saturated rings. The van der Waals surface area contributed by atoms with E-state index in [9.17, 15) is 0 Å². The van der Waals surface area contributed by atoms with Gasteiger partial charge < -0.3 is 9.80 Å². The Balaban J connectivity index is 2.99. The molecule has 0 radical (unpaired) electrons. The Morgan fingerprint density at radius 2 is 1.27 bits per heavy atom. The molecular formula is C22H34N4. The Bertz CT molecular complexity index is 553. The molecule has 0 aliphatic carbocycles. The fourth-order valence-electron chi connectivity index (χ4n) is 2.31. The van der Waals surface area contributed by atoms with E-state index in [1.54, 1.807) is 0 Å². The summed E-state index contributed by atoms with van der Waals surface area (Å²) >= 11 is 0. The van der Waals surface area contributed by atoms with Crippen molar-refractivity contribution < 1.29 is 0 Å². The third-order valence-electron chi connectivity index (χ3n) is 3.74. The Kier molecular flexibility index (Phi) is 11.6. The maximum atomic E-state index is 4.53. The van der Waals surface area contributed by atoms with Gasteiger partial charge in [-0.15, -0.1) is 0 Å². The van der Waals surface area contributed by atoms with Crippen LogP contribution in [0.25, 0.3) is 0 Å². The minimum Gasteiger partial charge on any atom is -0.308 e. The van der Waals surface area contributed by atoms with Gasteiger partial charge in [0, 0.05) is 36.9 Å². The molecule has 1 rings (SSSR count). The first-order valence-electron chi connectivity index (χ1n) is 9.69. The van der Waals surface area contributed by atoms with Gasteiger partial charge in [0.05, 0.1) is 12.7 Å². The highest BCUT2D eigenvalue weighted by atomic mass is 15.2. The number of unbranched alkanes of at least 4 members (excludes halogenated alkanes) is 2. The minimum atomic E-state index is 0.860. The lowest BCUT2D eigenvalue weighted by molar-refractivity contribution is 0.809. The molecule has 0 atom stereocenters. The van der Waals surface area contributed by atoms with E-state index in [1.807, 2.05) is 51.1 Å². The number of anilines is 2. The molecule has 0 saturated carbocycles. The van der Waals surface area contributed by atoms with Crippen LogP contribution in [0, 0.1) is 0 Å². The van der Waals surface area contributed by atoms with E-state index in [-0.39, 0.29) is 0 Å². The summed E-state index contributed by atoms with van der Waals surface area (Å²) in [5.74, 6) is 0. The molecule has 0 unspecified atom stereocenters. The Labute approximate surface area is 159 Å². The Morgan fingerprint density at radius 3 is 1.65 bits per heavy atom. The van der Waals surface area contributed by atoms with Gasteiger partial charge in [-0.3, -0.25) is 9.98 Å². The van der Waals surface area contributed by atoms with E-state index >= 15 is 0 Å². The monoisotopic (exact) mass is 354 g/mol. The maximum Gasteiger partial charge on any atom is 0.0935 e. The number of nitrogens with zero attached hydrogens (tertiary/aromatic N) is 4. The van der Waals surface area contributed by atoms with Gasteiger partial charge in [0.25, 0.3) is 0 Å². The summed E-state index contributed by atoms with van der Waals surface area (Å²) in [6, 6.07) is 8.41. The van der Waals surface area contributed by atoms with Gasteiger partial charge in [-0.05, 0) is 44.9 Å². The molecule has 0 aromatic heterocycles. The molecule has 0 aliphatic rings. The van der Waals surface area contributed by atoms with Crippen LogP contribution in [0.1, 0.15) is 53.4 Å². The third kappa shape index (κ3) is 8.15. The van der Waals surface area contributed by atoms with Crippen LogP contribution in [0.3, 0.4) is 0 Å². The molecule has 4 nitrogen and oxygen atoms in total. The summed E-state index contributed by atoms with van der Waals surface area (Å²) in [4.78, 5) is 13.2. The molecule has 0 aliphatic heterocycles. The quantitative estimate of drug-likeness (QED) is 0.261. The van der Waals surface area contributed by atoms with E-state index in [4.69, 9.17) is 0 Å². The molecule has 0 heterocycles. The molecule has 0 bridgehead atoms. The van der Waals surface area contributed by atoms with Crippen LogP contribution in [-0.4, -0.2) is 25.8 Å². The number of hydrogen-bond acceptors (Lipinski definition) is 2. The van der Waals surface area contributed by atoms with Crippen LogP contribution >= 0.6 is 0 Å². The van der Waals surface area contributed by atoms with Crippen molar-refractivity contribution in [3.05, 3.63) is 48.8 Å². The van der Waals surface area contributed by atoms with Gasteiger partial charge in [0.15, 0.2) is 0 Å². The lowest BCUT2D eigenvalue weighted by Gasteiger charge is -2.19. The normalized spacial score (nSPS) is 12.2. The van der Waals surface area contributed by atoms with Crippen molar-refractivity contribution >= 4 is 24.1 Å². The van der Waals surface area contributed by atoms with Gasteiger partial charge >= 0.3 is 0 Å². The second-order valence-electron chi connectivity index (χ2n) is 6.05. The highest BCUT2D eigenvalue weighted by Gasteiger charge is 2.05. The zero-order chi connectivity index (χ0) is 19.0. The van der Waals surface area contributed by atoms with Crippen molar-refractivity contribution in [3.63, 3.8) is 0 Å². The summed E-state index contributed by atoms with van der Waals surface area (Å²) in [6.45, 7) is 10.1. The summed E-state index contributed by atoms with van der Waals surface area (Å²) in [5.41, 5.74) is 2.16.